The summed E-state index contributed by atoms with van der Waals surface area (Å²) in [6.45, 7) is 7.02. The van der Waals surface area contributed by atoms with Gasteiger partial charge in [-0.2, -0.15) is 0 Å². The van der Waals surface area contributed by atoms with E-state index in [1.54, 1.807) is 12.1 Å². The highest BCUT2D eigenvalue weighted by Crippen LogP contribution is 2.26. The van der Waals surface area contributed by atoms with Crippen molar-refractivity contribution in [2.45, 2.75) is 6.54 Å². The number of nitrogens with one attached hydrogen (secondary N) is 2. The second-order valence-electron chi connectivity index (χ2n) is 5.66. The molecule has 1 aromatic heterocycles. The lowest BCUT2D eigenvalue weighted by Crippen LogP contribution is -2.45. The molecule has 1 fully saturated rings. The zero-order valence-corrected chi connectivity index (χ0v) is 13.7. The van der Waals surface area contributed by atoms with Crippen LogP contribution in [-0.4, -0.2) is 44.2 Å². The van der Waals surface area contributed by atoms with Gasteiger partial charge in [-0.3, -0.25) is 4.90 Å². The largest absolute Gasteiger partial charge is 0.460 e. The minimum atomic E-state index is -0.420. The van der Waals surface area contributed by atoms with E-state index in [9.17, 15) is 4.39 Å². The second kappa shape index (κ2) is 7.93. The lowest BCUT2D eigenvalue weighted by Gasteiger charge is -2.27. The third-order valence-electron chi connectivity index (χ3n) is 3.98. The standard InChI is InChI=1S/C17H21ClFN3O/c18-15-11-13(1-3-16(15)19)17-4-2-14(23-17)12-21-7-10-22-8-5-20-6-9-22/h1-4,11,20-21H,5-10,12H2. The van der Waals surface area contributed by atoms with E-state index in [4.69, 9.17) is 16.0 Å². The fourth-order valence-electron chi connectivity index (χ4n) is 2.66. The van der Waals surface area contributed by atoms with Crippen LogP contribution in [0.2, 0.25) is 5.02 Å². The Kier molecular flexibility index (Phi) is 5.67. The fraction of sp³-hybridized carbons (Fsp3) is 0.412. The molecule has 0 amide bonds. The fourth-order valence-corrected chi connectivity index (χ4v) is 2.84. The Bertz CT molecular complexity index is 641. The second-order valence-corrected chi connectivity index (χ2v) is 6.07. The number of hydrogen-bond acceptors (Lipinski definition) is 4. The van der Waals surface area contributed by atoms with Crippen molar-refractivity contribution in [2.24, 2.45) is 0 Å². The molecule has 0 bridgehead atoms. The minimum Gasteiger partial charge on any atom is -0.460 e. The molecule has 6 heteroatoms. The molecule has 0 saturated carbocycles. The molecule has 23 heavy (non-hydrogen) atoms. The number of piperazine rings is 1. The summed E-state index contributed by atoms with van der Waals surface area (Å²) in [4.78, 5) is 2.44. The number of hydrogen-bond donors (Lipinski definition) is 2. The first-order chi connectivity index (χ1) is 11.2. The van der Waals surface area contributed by atoms with E-state index in [1.165, 1.54) is 6.07 Å². The van der Waals surface area contributed by atoms with Crippen LogP contribution >= 0.6 is 11.6 Å². The zero-order valence-electron chi connectivity index (χ0n) is 12.9. The molecule has 1 aliphatic heterocycles. The average molecular weight is 338 g/mol. The van der Waals surface area contributed by atoms with Crippen molar-refractivity contribution in [3.63, 3.8) is 0 Å². The van der Waals surface area contributed by atoms with Crippen molar-refractivity contribution in [2.75, 3.05) is 39.3 Å². The maximum atomic E-state index is 13.2. The van der Waals surface area contributed by atoms with Crippen LogP contribution in [0.4, 0.5) is 4.39 Å². The first kappa shape index (κ1) is 16.5. The molecule has 1 saturated heterocycles. The molecule has 1 aromatic carbocycles. The number of benzene rings is 1. The van der Waals surface area contributed by atoms with Crippen molar-refractivity contribution >= 4 is 11.6 Å². The molecule has 0 aliphatic carbocycles. The number of rotatable bonds is 6. The Hall–Kier alpha value is -1.40. The molecule has 4 nitrogen and oxygen atoms in total. The quantitative estimate of drug-likeness (QED) is 0.795. The van der Waals surface area contributed by atoms with Crippen molar-refractivity contribution in [3.8, 4) is 11.3 Å². The van der Waals surface area contributed by atoms with Gasteiger partial charge in [-0.15, -0.1) is 0 Å². The van der Waals surface area contributed by atoms with E-state index < -0.39 is 5.82 Å². The van der Waals surface area contributed by atoms with Crippen LogP contribution in [0.15, 0.2) is 34.7 Å². The molecular weight excluding hydrogens is 317 g/mol. The average Bonchev–Trinajstić information content (AvgIpc) is 3.04. The SMILES string of the molecule is Fc1ccc(-c2ccc(CNCCN3CCNCC3)o2)cc1Cl. The maximum Gasteiger partial charge on any atom is 0.141 e. The molecule has 0 unspecified atom stereocenters. The lowest BCUT2D eigenvalue weighted by molar-refractivity contribution is 0.240. The molecule has 2 N–H and O–H groups in total. The van der Waals surface area contributed by atoms with Gasteiger partial charge >= 0.3 is 0 Å². The summed E-state index contributed by atoms with van der Waals surface area (Å²) in [7, 11) is 0. The molecule has 0 spiro atoms. The van der Waals surface area contributed by atoms with E-state index in [-0.39, 0.29) is 5.02 Å². The number of halogens is 2. The predicted octanol–water partition coefficient (Wildman–Crippen LogP) is 2.73. The van der Waals surface area contributed by atoms with Gasteiger partial charge in [0.1, 0.15) is 17.3 Å². The third-order valence-corrected chi connectivity index (χ3v) is 4.27. The lowest BCUT2D eigenvalue weighted by atomic mass is 10.2. The topological polar surface area (TPSA) is 40.4 Å². The highest BCUT2D eigenvalue weighted by atomic mass is 35.5. The molecule has 0 radical (unpaired) electrons. The Morgan fingerprint density at radius 3 is 2.83 bits per heavy atom. The Morgan fingerprint density at radius 1 is 1.22 bits per heavy atom. The summed E-state index contributed by atoms with van der Waals surface area (Å²) in [5.41, 5.74) is 0.781. The van der Waals surface area contributed by atoms with Gasteiger partial charge in [0.15, 0.2) is 0 Å². The summed E-state index contributed by atoms with van der Waals surface area (Å²) >= 11 is 5.81. The van der Waals surface area contributed by atoms with Crippen molar-refractivity contribution in [1.29, 1.82) is 0 Å². The summed E-state index contributed by atoms with van der Waals surface area (Å²) < 4.78 is 19.0. The van der Waals surface area contributed by atoms with E-state index >= 15 is 0 Å². The predicted molar refractivity (Wildman–Crippen MR) is 90.1 cm³/mol. The summed E-state index contributed by atoms with van der Waals surface area (Å²) in [5, 5.41) is 6.85. The summed E-state index contributed by atoms with van der Waals surface area (Å²) in [6.07, 6.45) is 0. The Morgan fingerprint density at radius 2 is 2.04 bits per heavy atom. The summed E-state index contributed by atoms with van der Waals surface area (Å²) in [6, 6.07) is 8.42. The van der Waals surface area contributed by atoms with E-state index in [2.05, 4.69) is 15.5 Å². The molecule has 2 aromatic rings. The highest BCUT2D eigenvalue weighted by Gasteiger charge is 2.09. The maximum absolute atomic E-state index is 13.2. The van der Waals surface area contributed by atoms with Gasteiger partial charge in [-0.25, -0.2) is 4.39 Å². The van der Waals surface area contributed by atoms with Crippen LogP contribution in [0.1, 0.15) is 5.76 Å². The molecule has 0 atom stereocenters. The number of nitrogens with zero attached hydrogens (tertiary/aromatic N) is 1. The normalized spacial score (nSPS) is 15.9. The van der Waals surface area contributed by atoms with Crippen molar-refractivity contribution in [1.82, 2.24) is 15.5 Å². The van der Waals surface area contributed by atoms with Gasteiger partial charge in [0, 0.05) is 44.8 Å². The van der Waals surface area contributed by atoms with E-state index in [0.717, 1.165) is 50.6 Å². The monoisotopic (exact) mass is 337 g/mol. The first-order valence-corrected chi connectivity index (χ1v) is 8.28. The Labute approximate surface area is 140 Å². The van der Waals surface area contributed by atoms with Crippen LogP contribution in [0.3, 0.4) is 0 Å². The van der Waals surface area contributed by atoms with Gasteiger partial charge < -0.3 is 15.1 Å². The van der Waals surface area contributed by atoms with Crippen LogP contribution in [-0.2, 0) is 6.54 Å². The first-order valence-electron chi connectivity index (χ1n) is 7.90. The van der Waals surface area contributed by atoms with E-state index in [0.29, 0.717) is 12.3 Å². The van der Waals surface area contributed by atoms with Crippen LogP contribution in [0, 0.1) is 5.82 Å². The zero-order chi connectivity index (χ0) is 16.1. The molecule has 3 rings (SSSR count). The van der Waals surface area contributed by atoms with Gasteiger partial charge in [0.25, 0.3) is 0 Å². The third kappa shape index (κ3) is 4.54. The van der Waals surface area contributed by atoms with E-state index in [1.807, 2.05) is 12.1 Å². The van der Waals surface area contributed by atoms with Crippen molar-refractivity contribution in [3.05, 3.63) is 46.9 Å². The van der Waals surface area contributed by atoms with Gasteiger partial charge in [-0.1, -0.05) is 11.6 Å². The van der Waals surface area contributed by atoms with Gasteiger partial charge in [-0.05, 0) is 30.3 Å². The smallest absolute Gasteiger partial charge is 0.141 e. The molecule has 2 heterocycles. The molecule has 1 aliphatic rings. The van der Waals surface area contributed by atoms with Crippen LogP contribution < -0.4 is 10.6 Å². The van der Waals surface area contributed by atoms with Crippen LogP contribution in [0.25, 0.3) is 11.3 Å². The Balaban J connectivity index is 1.48. The molecular formula is C17H21ClFN3O. The minimum absolute atomic E-state index is 0.106. The van der Waals surface area contributed by atoms with Gasteiger partial charge in [0.05, 0.1) is 11.6 Å². The number of furan rings is 1. The summed E-state index contributed by atoms with van der Waals surface area (Å²) in [5.74, 6) is 1.14. The highest BCUT2D eigenvalue weighted by molar-refractivity contribution is 6.31. The van der Waals surface area contributed by atoms with Gasteiger partial charge in [0.2, 0.25) is 0 Å². The molecule has 124 valence electrons. The van der Waals surface area contributed by atoms with Crippen LogP contribution in [0.5, 0.6) is 0 Å². The van der Waals surface area contributed by atoms with Crippen molar-refractivity contribution < 1.29 is 8.81 Å².